The number of esters is 1. The second-order valence-corrected chi connectivity index (χ2v) is 8.24. The van der Waals surface area contributed by atoms with Crippen molar-refractivity contribution in [2.45, 2.75) is 24.6 Å². The SMILES string of the molecule is N[C@@H](Cc1cccc(C(F)(F)F)c1)[C@@H](C(=O)O)C(=O)OCC1c2ccccc2-c2ccccc21. The van der Waals surface area contributed by atoms with Crippen molar-refractivity contribution in [2.75, 3.05) is 6.61 Å². The number of alkyl halides is 3. The summed E-state index contributed by atoms with van der Waals surface area (Å²) in [6.07, 6.45) is -4.77. The molecule has 0 unspecified atom stereocenters. The molecule has 34 heavy (non-hydrogen) atoms. The number of aliphatic carboxylic acids is 1. The molecule has 3 N–H and O–H groups in total. The standard InChI is InChI=1S/C26H22F3NO4/c27-26(28,29)16-7-5-6-15(12-16)13-22(30)23(24(31)32)25(33)34-14-21-19-10-3-1-8-17(19)18-9-2-4-11-20(18)21/h1-12,21-23H,13-14,30H2,(H,31,32)/t22-,23-/m0/s1. The van der Waals surface area contributed by atoms with Crippen LogP contribution in [0, 0.1) is 5.92 Å². The molecule has 176 valence electrons. The summed E-state index contributed by atoms with van der Waals surface area (Å²) in [6, 6.07) is 18.6. The number of fused-ring (bicyclic) bond motifs is 3. The van der Waals surface area contributed by atoms with Crippen molar-refractivity contribution >= 4 is 11.9 Å². The molecule has 8 heteroatoms. The molecule has 0 aliphatic heterocycles. The van der Waals surface area contributed by atoms with Crippen molar-refractivity contribution in [1.29, 1.82) is 0 Å². The molecule has 4 rings (SSSR count). The lowest BCUT2D eigenvalue weighted by atomic mass is 9.93. The zero-order chi connectivity index (χ0) is 24.5. The maximum Gasteiger partial charge on any atom is 0.416 e. The molecule has 0 heterocycles. The smallest absolute Gasteiger partial charge is 0.416 e. The highest BCUT2D eigenvalue weighted by molar-refractivity contribution is 5.95. The first kappa shape index (κ1) is 23.5. The van der Waals surface area contributed by atoms with E-state index in [1.54, 1.807) is 0 Å². The van der Waals surface area contributed by atoms with Gasteiger partial charge in [0.05, 0.1) is 5.56 Å². The number of rotatable bonds is 7. The van der Waals surface area contributed by atoms with Crippen molar-refractivity contribution < 1.29 is 32.6 Å². The van der Waals surface area contributed by atoms with E-state index in [1.807, 2.05) is 48.5 Å². The highest BCUT2D eigenvalue weighted by Crippen LogP contribution is 2.44. The molecule has 1 aliphatic carbocycles. The first-order chi connectivity index (χ1) is 16.2. The van der Waals surface area contributed by atoms with Gasteiger partial charge in [-0.05, 0) is 40.3 Å². The average Bonchev–Trinajstić information content (AvgIpc) is 3.11. The van der Waals surface area contributed by atoms with E-state index in [0.29, 0.717) is 0 Å². The van der Waals surface area contributed by atoms with Gasteiger partial charge in [-0.25, -0.2) is 0 Å². The van der Waals surface area contributed by atoms with E-state index in [9.17, 15) is 27.9 Å². The minimum Gasteiger partial charge on any atom is -0.481 e. The molecule has 3 aromatic carbocycles. The van der Waals surface area contributed by atoms with Crippen LogP contribution in [-0.4, -0.2) is 29.7 Å². The minimum atomic E-state index is -4.54. The predicted octanol–water partition coefficient (Wildman–Crippen LogP) is 4.63. The van der Waals surface area contributed by atoms with Gasteiger partial charge in [-0.1, -0.05) is 66.7 Å². The quantitative estimate of drug-likeness (QED) is 0.389. The Labute approximate surface area is 194 Å². The van der Waals surface area contributed by atoms with Gasteiger partial charge in [0.1, 0.15) is 6.61 Å². The Morgan fingerprint density at radius 3 is 2.09 bits per heavy atom. The number of carbonyl (C=O) groups is 2. The third-order valence-corrected chi connectivity index (χ3v) is 6.03. The Morgan fingerprint density at radius 2 is 1.53 bits per heavy atom. The van der Waals surface area contributed by atoms with Crippen LogP contribution in [0.3, 0.4) is 0 Å². The molecule has 0 spiro atoms. The van der Waals surface area contributed by atoms with Crippen LogP contribution in [0.2, 0.25) is 0 Å². The maximum absolute atomic E-state index is 13.0. The molecule has 0 bridgehead atoms. The van der Waals surface area contributed by atoms with Gasteiger partial charge >= 0.3 is 18.1 Å². The Balaban J connectivity index is 1.49. The summed E-state index contributed by atoms with van der Waals surface area (Å²) < 4.78 is 44.4. The zero-order valence-corrected chi connectivity index (χ0v) is 18.0. The van der Waals surface area contributed by atoms with E-state index in [0.717, 1.165) is 34.4 Å². The van der Waals surface area contributed by atoms with Gasteiger partial charge in [-0.15, -0.1) is 0 Å². The number of hydrogen-bond donors (Lipinski definition) is 2. The third-order valence-electron chi connectivity index (χ3n) is 6.03. The molecule has 1 aliphatic rings. The van der Waals surface area contributed by atoms with Crippen molar-refractivity contribution in [3.63, 3.8) is 0 Å². The summed E-state index contributed by atoms with van der Waals surface area (Å²) in [4.78, 5) is 24.6. The molecule has 2 atom stereocenters. The van der Waals surface area contributed by atoms with Crippen molar-refractivity contribution in [2.24, 2.45) is 11.7 Å². The van der Waals surface area contributed by atoms with E-state index in [2.05, 4.69) is 0 Å². The molecular weight excluding hydrogens is 447 g/mol. The van der Waals surface area contributed by atoms with Crippen LogP contribution < -0.4 is 5.73 Å². The number of carboxylic acids is 1. The number of benzene rings is 3. The van der Waals surface area contributed by atoms with Gasteiger partial charge in [-0.2, -0.15) is 13.2 Å². The van der Waals surface area contributed by atoms with Crippen LogP contribution in [-0.2, 0) is 26.9 Å². The van der Waals surface area contributed by atoms with Crippen LogP contribution >= 0.6 is 0 Å². The largest absolute Gasteiger partial charge is 0.481 e. The molecule has 0 amide bonds. The topological polar surface area (TPSA) is 89.6 Å². The van der Waals surface area contributed by atoms with Crippen molar-refractivity contribution in [3.8, 4) is 11.1 Å². The lowest BCUT2D eigenvalue weighted by Gasteiger charge is -2.21. The highest BCUT2D eigenvalue weighted by Gasteiger charge is 2.37. The lowest BCUT2D eigenvalue weighted by Crippen LogP contribution is -2.43. The van der Waals surface area contributed by atoms with Gasteiger partial charge in [-0.3, -0.25) is 9.59 Å². The van der Waals surface area contributed by atoms with Crippen molar-refractivity contribution in [3.05, 3.63) is 95.1 Å². The molecule has 0 radical (unpaired) electrons. The zero-order valence-electron chi connectivity index (χ0n) is 18.0. The van der Waals surface area contributed by atoms with E-state index < -0.39 is 35.6 Å². The first-order valence-corrected chi connectivity index (χ1v) is 10.7. The molecule has 0 saturated heterocycles. The fourth-order valence-electron chi connectivity index (χ4n) is 4.42. The summed E-state index contributed by atoms with van der Waals surface area (Å²) in [5.41, 5.74) is 9.28. The third kappa shape index (κ3) is 4.68. The average molecular weight is 469 g/mol. The predicted molar refractivity (Wildman–Crippen MR) is 119 cm³/mol. The van der Waals surface area contributed by atoms with Crippen LogP contribution in [0.15, 0.2) is 72.8 Å². The number of carbonyl (C=O) groups excluding carboxylic acids is 1. The number of carboxylic acid groups (broad SMARTS) is 1. The summed E-state index contributed by atoms with van der Waals surface area (Å²) in [5.74, 6) is -4.49. The van der Waals surface area contributed by atoms with Gasteiger partial charge < -0.3 is 15.6 Å². The van der Waals surface area contributed by atoms with E-state index >= 15 is 0 Å². The lowest BCUT2D eigenvalue weighted by molar-refractivity contribution is -0.159. The number of hydrogen-bond acceptors (Lipinski definition) is 4. The molecule has 0 fully saturated rings. The molecule has 0 aromatic heterocycles. The Morgan fingerprint density at radius 1 is 0.941 bits per heavy atom. The number of halogens is 3. The van der Waals surface area contributed by atoms with E-state index in [4.69, 9.17) is 10.5 Å². The normalized spacial score (nSPS) is 14.7. The summed E-state index contributed by atoms with van der Waals surface area (Å²) in [7, 11) is 0. The molecule has 5 nitrogen and oxygen atoms in total. The van der Waals surface area contributed by atoms with Crippen LogP contribution in [0.1, 0.15) is 28.2 Å². The first-order valence-electron chi connectivity index (χ1n) is 10.7. The molecular formula is C26H22F3NO4. The minimum absolute atomic E-state index is 0.0765. The van der Waals surface area contributed by atoms with Crippen LogP contribution in [0.4, 0.5) is 13.2 Å². The van der Waals surface area contributed by atoms with Gasteiger partial charge in [0, 0.05) is 12.0 Å². The second kappa shape index (κ2) is 9.30. The van der Waals surface area contributed by atoms with E-state index in [1.165, 1.54) is 12.1 Å². The second-order valence-electron chi connectivity index (χ2n) is 8.24. The monoisotopic (exact) mass is 469 g/mol. The van der Waals surface area contributed by atoms with Gasteiger partial charge in [0.2, 0.25) is 0 Å². The summed E-state index contributed by atoms with van der Waals surface area (Å²) >= 11 is 0. The van der Waals surface area contributed by atoms with Gasteiger partial charge in [0.15, 0.2) is 5.92 Å². The van der Waals surface area contributed by atoms with E-state index in [-0.39, 0.29) is 24.5 Å². The number of nitrogens with two attached hydrogens (primary N) is 1. The Bertz CT molecular complexity index is 1180. The highest BCUT2D eigenvalue weighted by atomic mass is 19.4. The molecule has 0 saturated carbocycles. The Hall–Kier alpha value is -3.65. The summed E-state index contributed by atoms with van der Waals surface area (Å²) in [6.45, 7) is -0.0765. The maximum atomic E-state index is 13.0. The summed E-state index contributed by atoms with van der Waals surface area (Å²) in [5, 5.41) is 9.62. The fraction of sp³-hybridized carbons (Fsp3) is 0.231. The Kier molecular flexibility index (Phi) is 6.43. The number of ether oxygens (including phenoxy) is 1. The molecule has 3 aromatic rings. The van der Waals surface area contributed by atoms with Gasteiger partial charge in [0.25, 0.3) is 0 Å². The van der Waals surface area contributed by atoms with Crippen molar-refractivity contribution in [1.82, 2.24) is 0 Å². The van der Waals surface area contributed by atoms with Crippen LogP contribution in [0.5, 0.6) is 0 Å². The fourth-order valence-corrected chi connectivity index (χ4v) is 4.42. The van der Waals surface area contributed by atoms with Crippen LogP contribution in [0.25, 0.3) is 11.1 Å².